The standard InChI is InChI=1S/C16H10F2N2OS/c17-15(18)21-11-6-7-12-13(8-11)20-14(9-22-16(20)19-12)10-4-2-1-3-5-10/h1-9,15H. The van der Waals surface area contributed by atoms with Gasteiger partial charge in [0.1, 0.15) is 5.75 Å². The van der Waals surface area contributed by atoms with E-state index in [0.717, 1.165) is 27.3 Å². The highest BCUT2D eigenvalue weighted by atomic mass is 32.1. The van der Waals surface area contributed by atoms with E-state index in [2.05, 4.69) is 9.72 Å². The first kappa shape index (κ1) is 13.2. The first-order chi connectivity index (χ1) is 10.7. The zero-order chi connectivity index (χ0) is 15.1. The van der Waals surface area contributed by atoms with Crippen LogP contribution in [0.15, 0.2) is 53.9 Å². The third-order valence-electron chi connectivity index (χ3n) is 3.41. The Hall–Kier alpha value is -2.47. The molecule has 2 aromatic heterocycles. The van der Waals surface area contributed by atoms with Crippen LogP contribution in [-0.2, 0) is 0 Å². The molecule has 2 heterocycles. The number of alkyl halides is 2. The summed E-state index contributed by atoms with van der Waals surface area (Å²) in [6.07, 6.45) is 0. The summed E-state index contributed by atoms with van der Waals surface area (Å²) in [5.74, 6) is 0.134. The SMILES string of the molecule is FC(F)Oc1ccc2nc3scc(-c4ccccc4)n3c2c1. The van der Waals surface area contributed by atoms with Crippen LogP contribution in [0.5, 0.6) is 5.75 Å². The molecule has 0 radical (unpaired) electrons. The van der Waals surface area contributed by atoms with Crippen LogP contribution in [0.25, 0.3) is 27.3 Å². The van der Waals surface area contributed by atoms with Gasteiger partial charge in [0, 0.05) is 11.4 Å². The number of thiazole rings is 1. The highest BCUT2D eigenvalue weighted by Crippen LogP contribution is 2.31. The van der Waals surface area contributed by atoms with Gasteiger partial charge in [-0.05, 0) is 17.7 Å². The van der Waals surface area contributed by atoms with Crippen molar-refractivity contribution in [3.05, 3.63) is 53.9 Å². The molecular weight excluding hydrogens is 306 g/mol. The summed E-state index contributed by atoms with van der Waals surface area (Å²) in [4.78, 5) is 5.34. The molecule has 0 amide bonds. The summed E-state index contributed by atoms with van der Waals surface area (Å²) < 4.78 is 31.3. The van der Waals surface area contributed by atoms with Crippen molar-refractivity contribution in [2.24, 2.45) is 0 Å². The summed E-state index contributed by atoms with van der Waals surface area (Å²) in [5, 5.41) is 2.01. The minimum atomic E-state index is -2.84. The zero-order valence-electron chi connectivity index (χ0n) is 11.2. The van der Waals surface area contributed by atoms with Gasteiger partial charge in [-0.25, -0.2) is 4.98 Å². The predicted octanol–water partition coefficient (Wildman–Crippen LogP) is 4.82. The van der Waals surface area contributed by atoms with Crippen LogP contribution in [-0.4, -0.2) is 16.0 Å². The molecule has 3 nitrogen and oxygen atoms in total. The lowest BCUT2D eigenvalue weighted by Crippen LogP contribution is -2.01. The third-order valence-corrected chi connectivity index (χ3v) is 4.23. The number of nitrogens with zero attached hydrogens (tertiary/aromatic N) is 2. The van der Waals surface area contributed by atoms with Crippen molar-refractivity contribution < 1.29 is 13.5 Å². The first-order valence-corrected chi connectivity index (χ1v) is 7.50. The van der Waals surface area contributed by atoms with Crippen molar-refractivity contribution in [3.63, 3.8) is 0 Å². The molecule has 2 aromatic carbocycles. The molecule has 0 saturated heterocycles. The van der Waals surface area contributed by atoms with E-state index in [1.54, 1.807) is 12.1 Å². The Bertz CT molecular complexity index is 947. The largest absolute Gasteiger partial charge is 0.435 e. The average Bonchev–Trinajstić information content (AvgIpc) is 3.06. The molecule has 0 saturated carbocycles. The number of fused-ring (bicyclic) bond motifs is 3. The van der Waals surface area contributed by atoms with Crippen molar-refractivity contribution in [1.29, 1.82) is 0 Å². The smallest absolute Gasteiger partial charge is 0.387 e. The summed E-state index contributed by atoms with van der Waals surface area (Å²) in [7, 11) is 0. The van der Waals surface area contributed by atoms with Crippen LogP contribution >= 0.6 is 11.3 Å². The van der Waals surface area contributed by atoms with Crippen molar-refractivity contribution in [1.82, 2.24) is 9.38 Å². The second kappa shape index (κ2) is 5.06. The number of ether oxygens (including phenoxy) is 1. The lowest BCUT2D eigenvalue weighted by Gasteiger charge is -2.05. The van der Waals surface area contributed by atoms with Gasteiger partial charge in [0.25, 0.3) is 0 Å². The van der Waals surface area contributed by atoms with E-state index < -0.39 is 6.61 Å². The number of imidazole rings is 1. The Morgan fingerprint density at radius 1 is 1.09 bits per heavy atom. The number of halogens is 2. The minimum absolute atomic E-state index is 0.134. The molecule has 4 aromatic rings. The van der Waals surface area contributed by atoms with E-state index in [0.29, 0.717) is 0 Å². The monoisotopic (exact) mass is 316 g/mol. The van der Waals surface area contributed by atoms with Gasteiger partial charge in [0.05, 0.1) is 16.7 Å². The number of rotatable bonds is 3. The van der Waals surface area contributed by atoms with Crippen LogP contribution < -0.4 is 4.74 Å². The Balaban J connectivity index is 1.96. The molecule has 110 valence electrons. The van der Waals surface area contributed by atoms with Gasteiger partial charge in [-0.2, -0.15) is 8.78 Å². The molecule has 4 rings (SSSR count). The highest BCUT2D eigenvalue weighted by Gasteiger charge is 2.13. The van der Waals surface area contributed by atoms with E-state index in [1.807, 2.05) is 40.1 Å². The Kier molecular flexibility index (Phi) is 3.04. The van der Waals surface area contributed by atoms with Gasteiger partial charge in [-0.1, -0.05) is 30.3 Å². The van der Waals surface area contributed by atoms with Gasteiger partial charge in [-0.15, -0.1) is 11.3 Å². The quantitative estimate of drug-likeness (QED) is 0.542. The number of hydrogen-bond donors (Lipinski definition) is 0. The van der Waals surface area contributed by atoms with Crippen LogP contribution in [0.2, 0.25) is 0 Å². The molecule has 0 atom stereocenters. The van der Waals surface area contributed by atoms with Crippen LogP contribution in [0.3, 0.4) is 0 Å². The van der Waals surface area contributed by atoms with Crippen molar-refractivity contribution >= 4 is 27.3 Å². The van der Waals surface area contributed by atoms with Crippen LogP contribution in [0, 0.1) is 0 Å². The maximum atomic E-state index is 12.4. The second-order valence-electron chi connectivity index (χ2n) is 4.75. The molecule has 0 aliphatic rings. The topological polar surface area (TPSA) is 26.5 Å². The second-order valence-corrected chi connectivity index (χ2v) is 5.58. The third kappa shape index (κ3) is 2.12. The van der Waals surface area contributed by atoms with E-state index in [-0.39, 0.29) is 5.75 Å². The number of hydrogen-bond acceptors (Lipinski definition) is 3. The van der Waals surface area contributed by atoms with E-state index in [1.165, 1.54) is 17.4 Å². The summed E-state index contributed by atoms with van der Waals surface area (Å²) in [5.41, 5.74) is 3.55. The van der Waals surface area contributed by atoms with Gasteiger partial charge in [-0.3, -0.25) is 4.40 Å². The molecular formula is C16H10F2N2OS. The van der Waals surface area contributed by atoms with E-state index in [4.69, 9.17) is 0 Å². The van der Waals surface area contributed by atoms with E-state index >= 15 is 0 Å². The Morgan fingerprint density at radius 2 is 1.91 bits per heavy atom. The first-order valence-electron chi connectivity index (χ1n) is 6.62. The number of benzene rings is 2. The lowest BCUT2D eigenvalue weighted by atomic mass is 10.2. The van der Waals surface area contributed by atoms with Gasteiger partial charge in [0.15, 0.2) is 4.96 Å². The summed E-state index contributed by atoms with van der Waals surface area (Å²) >= 11 is 1.52. The van der Waals surface area contributed by atoms with Gasteiger partial charge < -0.3 is 4.74 Å². The summed E-state index contributed by atoms with van der Waals surface area (Å²) in [6.45, 7) is -2.84. The predicted molar refractivity (Wildman–Crippen MR) is 82.6 cm³/mol. The molecule has 6 heteroatoms. The Labute approximate surface area is 128 Å². The minimum Gasteiger partial charge on any atom is -0.435 e. The molecule has 22 heavy (non-hydrogen) atoms. The van der Waals surface area contributed by atoms with Crippen molar-refractivity contribution in [3.8, 4) is 17.0 Å². The van der Waals surface area contributed by atoms with Gasteiger partial charge >= 0.3 is 6.61 Å². The van der Waals surface area contributed by atoms with Crippen molar-refractivity contribution in [2.75, 3.05) is 0 Å². The van der Waals surface area contributed by atoms with Crippen LogP contribution in [0.1, 0.15) is 0 Å². The molecule has 0 spiro atoms. The van der Waals surface area contributed by atoms with Crippen molar-refractivity contribution in [2.45, 2.75) is 6.61 Å². The lowest BCUT2D eigenvalue weighted by molar-refractivity contribution is -0.0497. The molecule has 0 bridgehead atoms. The Morgan fingerprint density at radius 3 is 2.68 bits per heavy atom. The molecule has 0 fully saturated rings. The molecule has 0 N–H and O–H groups in total. The summed E-state index contributed by atoms with van der Waals surface area (Å²) in [6, 6.07) is 14.7. The molecule has 0 aliphatic carbocycles. The maximum Gasteiger partial charge on any atom is 0.387 e. The van der Waals surface area contributed by atoms with Gasteiger partial charge in [0.2, 0.25) is 0 Å². The highest BCUT2D eigenvalue weighted by molar-refractivity contribution is 7.15. The fourth-order valence-electron chi connectivity index (χ4n) is 2.49. The zero-order valence-corrected chi connectivity index (χ0v) is 12.1. The van der Waals surface area contributed by atoms with Crippen LogP contribution in [0.4, 0.5) is 8.78 Å². The average molecular weight is 316 g/mol. The molecule has 0 aliphatic heterocycles. The molecule has 0 unspecified atom stereocenters. The van der Waals surface area contributed by atoms with E-state index in [9.17, 15) is 8.78 Å². The normalized spacial score (nSPS) is 11.6. The number of aromatic nitrogens is 2. The maximum absolute atomic E-state index is 12.4. The fraction of sp³-hybridized carbons (Fsp3) is 0.0625. The fourth-order valence-corrected chi connectivity index (χ4v) is 3.40.